The van der Waals surface area contributed by atoms with Crippen LogP contribution in [-0.2, 0) is 11.8 Å². The smallest absolute Gasteiger partial charge is 0.254 e. The van der Waals surface area contributed by atoms with Crippen LogP contribution in [0.3, 0.4) is 0 Å². The van der Waals surface area contributed by atoms with Crippen molar-refractivity contribution in [2.45, 2.75) is 31.1 Å². The molecule has 0 bridgehead atoms. The molecule has 1 N–H and O–H groups in total. The van der Waals surface area contributed by atoms with E-state index in [2.05, 4.69) is 47.4 Å². The first-order valence-corrected chi connectivity index (χ1v) is 10.5. The summed E-state index contributed by atoms with van der Waals surface area (Å²) in [7, 11) is 0. The number of nitrogens with zero attached hydrogens (tertiary/aromatic N) is 2. The number of carbonyl (C=O) groups is 1. The summed E-state index contributed by atoms with van der Waals surface area (Å²) < 4.78 is 0. The maximum absolute atomic E-state index is 12.8. The number of rotatable bonds is 5. The van der Waals surface area contributed by atoms with Gasteiger partial charge in [0.05, 0.1) is 6.61 Å². The largest absolute Gasteiger partial charge is 0.395 e. The molecule has 148 valence electrons. The number of benzene rings is 2. The Hall–Kier alpha value is -2.17. The van der Waals surface area contributed by atoms with Gasteiger partial charge in [-0.05, 0) is 56.0 Å². The van der Waals surface area contributed by atoms with Crippen LogP contribution in [0.2, 0.25) is 0 Å². The lowest BCUT2D eigenvalue weighted by Crippen LogP contribution is -2.50. The second-order valence-electron chi connectivity index (χ2n) is 8.21. The lowest BCUT2D eigenvalue weighted by Gasteiger charge is -2.43. The molecule has 2 aliphatic rings. The van der Waals surface area contributed by atoms with E-state index in [1.807, 2.05) is 17.0 Å². The zero-order valence-electron chi connectivity index (χ0n) is 16.5. The zero-order chi connectivity index (χ0) is 19.4. The minimum Gasteiger partial charge on any atom is -0.395 e. The SMILES string of the molecule is O=C1c2ccccc2C2(CCCN(CCc3ccccc3)CC2)CN1CCO. The highest BCUT2D eigenvalue weighted by Gasteiger charge is 2.43. The molecule has 1 fully saturated rings. The molecular weight excluding hydrogens is 348 g/mol. The summed E-state index contributed by atoms with van der Waals surface area (Å²) >= 11 is 0. The van der Waals surface area contributed by atoms with Crippen LogP contribution < -0.4 is 0 Å². The Morgan fingerprint density at radius 1 is 0.929 bits per heavy atom. The third-order valence-electron chi connectivity index (χ3n) is 6.48. The summed E-state index contributed by atoms with van der Waals surface area (Å²) in [6, 6.07) is 18.8. The Labute approximate surface area is 167 Å². The van der Waals surface area contributed by atoms with Crippen molar-refractivity contribution in [1.82, 2.24) is 9.80 Å². The number of hydrogen-bond donors (Lipinski definition) is 1. The van der Waals surface area contributed by atoms with Gasteiger partial charge in [0.25, 0.3) is 5.91 Å². The lowest BCUT2D eigenvalue weighted by molar-refractivity contribution is 0.0615. The summed E-state index contributed by atoms with van der Waals surface area (Å²) in [6.45, 7) is 4.43. The first kappa shape index (κ1) is 19.2. The zero-order valence-corrected chi connectivity index (χ0v) is 16.5. The monoisotopic (exact) mass is 378 g/mol. The van der Waals surface area contributed by atoms with Gasteiger partial charge in [0, 0.05) is 30.6 Å². The molecule has 1 spiro atoms. The van der Waals surface area contributed by atoms with Crippen molar-refractivity contribution < 1.29 is 9.90 Å². The molecule has 2 aromatic carbocycles. The molecule has 2 aliphatic heterocycles. The number of carbonyl (C=O) groups excluding carboxylic acids is 1. The van der Waals surface area contributed by atoms with Crippen LogP contribution in [0, 0.1) is 0 Å². The van der Waals surface area contributed by atoms with Crippen molar-refractivity contribution in [2.24, 2.45) is 0 Å². The van der Waals surface area contributed by atoms with E-state index in [4.69, 9.17) is 0 Å². The van der Waals surface area contributed by atoms with E-state index < -0.39 is 0 Å². The normalized spacial score (nSPS) is 22.9. The second kappa shape index (κ2) is 8.46. The van der Waals surface area contributed by atoms with E-state index in [-0.39, 0.29) is 17.9 Å². The van der Waals surface area contributed by atoms with Crippen molar-refractivity contribution in [3.8, 4) is 0 Å². The molecule has 28 heavy (non-hydrogen) atoms. The third-order valence-corrected chi connectivity index (χ3v) is 6.48. The average molecular weight is 379 g/mol. The minimum absolute atomic E-state index is 0.0150. The van der Waals surface area contributed by atoms with Gasteiger partial charge < -0.3 is 14.9 Å². The van der Waals surface area contributed by atoms with Gasteiger partial charge in [0.15, 0.2) is 0 Å². The highest BCUT2D eigenvalue weighted by atomic mass is 16.3. The van der Waals surface area contributed by atoms with Crippen LogP contribution in [0.4, 0.5) is 0 Å². The Kier molecular flexibility index (Phi) is 5.79. The molecule has 1 saturated heterocycles. The molecule has 2 aromatic rings. The number of likely N-dealkylation sites (tertiary alicyclic amines) is 1. The van der Waals surface area contributed by atoms with Crippen LogP contribution in [0.15, 0.2) is 54.6 Å². The molecule has 1 atom stereocenters. The lowest BCUT2D eigenvalue weighted by atomic mass is 9.70. The van der Waals surface area contributed by atoms with Gasteiger partial charge in [-0.2, -0.15) is 0 Å². The van der Waals surface area contributed by atoms with Gasteiger partial charge in [0.1, 0.15) is 0 Å². The highest BCUT2D eigenvalue weighted by molar-refractivity contribution is 5.97. The van der Waals surface area contributed by atoms with Gasteiger partial charge in [-0.15, -0.1) is 0 Å². The number of amides is 1. The molecular formula is C24H30N2O2. The first-order chi connectivity index (χ1) is 13.7. The predicted molar refractivity (Wildman–Crippen MR) is 112 cm³/mol. The van der Waals surface area contributed by atoms with Crippen molar-refractivity contribution in [1.29, 1.82) is 0 Å². The molecule has 0 aliphatic carbocycles. The molecule has 4 nitrogen and oxygen atoms in total. The summed E-state index contributed by atoms with van der Waals surface area (Å²) in [5, 5.41) is 9.44. The first-order valence-electron chi connectivity index (χ1n) is 10.5. The maximum Gasteiger partial charge on any atom is 0.254 e. The summed E-state index contributed by atoms with van der Waals surface area (Å²) in [5.41, 5.74) is 3.46. The van der Waals surface area contributed by atoms with Crippen LogP contribution in [-0.4, -0.2) is 60.1 Å². The van der Waals surface area contributed by atoms with Gasteiger partial charge in [0.2, 0.25) is 0 Å². The minimum atomic E-state index is 0.0150. The highest BCUT2D eigenvalue weighted by Crippen LogP contribution is 2.41. The van der Waals surface area contributed by atoms with Crippen molar-refractivity contribution in [3.63, 3.8) is 0 Å². The molecule has 0 aromatic heterocycles. The average Bonchev–Trinajstić information content (AvgIpc) is 2.94. The van der Waals surface area contributed by atoms with E-state index >= 15 is 0 Å². The van der Waals surface area contributed by atoms with Crippen molar-refractivity contribution in [2.75, 3.05) is 39.3 Å². The number of fused-ring (bicyclic) bond motifs is 2. The van der Waals surface area contributed by atoms with E-state index in [1.165, 1.54) is 11.1 Å². The van der Waals surface area contributed by atoms with Gasteiger partial charge in [-0.3, -0.25) is 4.79 Å². The number of β-amino-alcohol motifs (C(OH)–C–C–N with tert-alkyl or cyclic N) is 1. The van der Waals surface area contributed by atoms with E-state index in [0.29, 0.717) is 6.54 Å². The Balaban J connectivity index is 1.51. The van der Waals surface area contributed by atoms with Gasteiger partial charge in [-0.25, -0.2) is 0 Å². The number of aliphatic hydroxyl groups excluding tert-OH is 1. The summed E-state index contributed by atoms with van der Waals surface area (Å²) in [6.07, 6.45) is 4.39. The predicted octanol–water partition coefficient (Wildman–Crippen LogP) is 3.10. The maximum atomic E-state index is 12.8. The fourth-order valence-electron chi connectivity index (χ4n) is 4.96. The number of hydrogen-bond acceptors (Lipinski definition) is 3. The molecule has 4 heteroatoms. The van der Waals surface area contributed by atoms with Crippen molar-refractivity contribution in [3.05, 3.63) is 71.3 Å². The summed E-state index contributed by atoms with van der Waals surface area (Å²) in [4.78, 5) is 17.3. The van der Waals surface area contributed by atoms with Crippen molar-refractivity contribution >= 4 is 5.91 Å². The molecule has 0 radical (unpaired) electrons. The fourth-order valence-corrected chi connectivity index (χ4v) is 4.96. The van der Waals surface area contributed by atoms with E-state index in [1.54, 1.807) is 0 Å². The Bertz CT molecular complexity index is 807. The fraction of sp³-hybridized carbons (Fsp3) is 0.458. The van der Waals surface area contributed by atoms with Crippen LogP contribution in [0.1, 0.15) is 40.7 Å². The number of aliphatic hydroxyl groups is 1. The molecule has 4 rings (SSSR count). The van der Waals surface area contributed by atoms with Crippen LogP contribution in [0.25, 0.3) is 0 Å². The quantitative estimate of drug-likeness (QED) is 0.869. The van der Waals surface area contributed by atoms with Gasteiger partial charge in [-0.1, -0.05) is 48.5 Å². The molecule has 2 heterocycles. The third kappa shape index (κ3) is 3.85. The Morgan fingerprint density at radius 2 is 1.71 bits per heavy atom. The molecule has 1 amide bonds. The second-order valence-corrected chi connectivity index (χ2v) is 8.21. The van der Waals surface area contributed by atoms with Gasteiger partial charge >= 0.3 is 0 Å². The Morgan fingerprint density at radius 3 is 2.54 bits per heavy atom. The summed E-state index contributed by atoms with van der Waals surface area (Å²) in [5.74, 6) is 0.0699. The molecule has 0 saturated carbocycles. The van der Waals surface area contributed by atoms with E-state index in [0.717, 1.165) is 57.4 Å². The van der Waals surface area contributed by atoms with Crippen LogP contribution in [0.5, 0.6) is 0 Å². The van der Waals surface area contributed by atoms with Crippen LogP contribution >= 0.6 is 0 Å². The van der Waals surface area contributed by atoms with E-state index in [9.17, 15) is 9.90 Å². The topological polar surface area (TPSA) is 43.8 Å². The standard InChI is InChI=1S/C24H30N2O2/c27-18-17-26-19-24(22-10-5-4-9-21(22)23(26)28)12-6-14-25(16-13-24)15-11-20-7-2-1-3-8-20/h1-5,7-10,27H,6,11-19H2. The molecule has 1 unspecified atom stereocenters.